The molecule has 5 aromatic carbocycles. The summed E-state index contributed by atoms with van der Waals surface area (Å²) >= 11 is 0. The number of halogens is 1. The number of para-hydroxylation sites is 4. The van der Waals surface area contributed by atoms with E-state index in [1.165, 1.54) is 56.2 Å². The van der Waals surface area contributed by atoms with Crippen molar-refractivity contribution >= 4 is 50.4 Å². The van der Waals surface area contributed by atoms with Gasteiger partial charge in [-0.25, -0.2) is 4.39 Å². The molecular weight excluding hydrogens is 780 g/mol. The third-order valence-electron chi connectivity index (χ3n) is 14.3. The summed E-state index contributed by atoms with van der Waals surface area (Å²) in [5.41, 5.74) is 17.2. The number of carbonyl (C=O) groups is 1. The van der Waals surface area contributed by atoms with E-state index in [0.717, 1.165) is 57.5 Å². The molecule has 2 unspecified atom stereocenters. The van der Waals surface area contributed by atoms with E-state index in [4.69, 9.17) is 4.99 Å². The van der Waals surface area contributed by atoms with Crippen LogP contribution < -0.4 is 10.6 Å². The van der Waals surface area contributed by atoms with E-state index < -0.39 is 0 Å². The number of aromatic nitrogens is 3. The fourth-order valence-electron chi connectivity index (χ4n) is 10.8. The molecule has 4 aliphatic rings. The monoisotopic (exact) mass is 834 g/mol. The first kappa shape index (κ1) is 40.4. The number of hydrogen-bond acceptors (Lipinski definition) is 4. The lowest BCUT2D eigenvalue weighted by Gasteiger charge is -2.27. The molecule has 12 rings (SSSR count). The van der Waals surface area contributed by atoms with Gasteiger partial charge < -0.3 is 25.6 Å². The van der Waals surface area contributed by atoms with E-state index >= 15 is 0 Å². The molecule has 0 amide bonds. The summed E-state index contributed by atoms with van der Waals surface area (Å²) in [5.74, 6) is 0.0543. The number of nitrogens with one attached hydrogen (secondary N) is 5. The van der Waals surface area contributed by atoms with Gasteiger partial charge in [-0.15, -0.1) is 0 Å². The molecule has 2 atom stereocenters. The predicted octanol–water partition coefficient (Wildman–Crippen LogP) is 13.6. The van der Waals surface area contributed by atoms with Crippen LogP contribution in [0.2, 0.25) is 0 Å². The van der Waals surface area contributed by atoms with Gasteiger partial charge in [0.1, 0.15) is 5.82 Å². The summed E-state index contributed by atoms with van der Waals surface area (Å²) in [4.78, 5) is 27.2. The summed E-state index contributed by atoms with van der Waals surface area (Å²) in [6.45, 7) is 15.6. The number of hydrogen-bond donors (Lipinski definition) is 5. The molecule has 0 spiro atoms. The first-order chi connectivity index (χ1) is 30.2. The molecule has 0 saturated heterocycles. The number of nitrogens with zero attached hydrogens (tertiary/aromatic N) is 1. The van der Waals surface area contributed by atoms with Gasteiger partial charge in [-0.3, -0.25) is 9.79 Å². The van der Waals surface area contributed by atoms with Gasteiger partial charge in [0.05, 0.1) is 23.5 Å². The quantitative estimate of drug-likeness (QED) is 0.123. The van der Waals surface area contributed by atoms with E-state index in [2.05, 4.69) is 153 Å². The van der Waals surface area contributed by atoms with Gasteiger partial charge in [0.2, 0.25) is 0 Å². The van der Waals surface area contributed by atoms with Gasteiger partial charge in [-0.1, -0.05) is 114 Å². The number of H-pyrrole nitrogens is 3. The van der Waals surface area contributed by atoms with E-state index in [1.807, 2.05) is 30.6 Å². The highest BCUT2D eigenvalue weighted by Crippen LogP contribution is 2.51. The van der Waals surface area contributed by atoms with Crippen molar-refractivity contribution in [3.63, 3.8) is 0 Å². The second-order valence-electron chi connectivity index (χ2n) is 19.3. The molecule has 7 nitrogen and oxygen atoms in total. The standard InChI is InChI=1S/C19H20N2.C18H17FN2.C18H18N2O/c1-12-7-6-8-13-14(11-20-17(12)13)18-19(2,3)15-9-4-5-10-16(15)21-18;1-18(2)14-5-3-4-6-16(14)21-17(18)13-10-20-15-8-7-11(19)9-12(13)15;1-18(2)12-6-3-4-7-13(12)20-17(18)11-10-19-14-8-5-9-15(21)16(11)14/h4-11,18,20-21H,1-3H3;3-10,17,20-21H,1-2H3;3-4,6-7,10,19H,5,8-9H2,1-2H3. The van der Waals surface area contributed by atoms with E-state index in [9.17, 15) is 9.18 Å². The normalized spacial score (nSPS) is 19.4. The maximum Gasteiger partial charge on any atom is 0.165 e. The van der Waals surface area contributed by atoms with Gasteiger partial charge in [0.15, 0.2) is 5.78 Å². The van der Waals surface area contributed by atoms with Crippen LogP contribution in [0.3, 0.4) is 0 Å². The van der Waals surface area contributed by atoms with Crippen LogP contribution in [0.25, 0.3) is 21.8 Å². The molecule has 63 heavy (non-hydrogen) atoms. The Morgan fingerprint density at radius 1 is 0.635 bits per heavy atom. The van der Waals surface area contributed by atoms with Crippen LogP contribution in [-0.4, -0.2) is 26.4 Å². The smallest absolute Gasteiger partial charge is 0.165 e. The maximum atomic E-state index is 13.6. The molecular formula is C55H55FN6O. The first-order valence-electron chi connectivity index (χ1n) is 22.2. The SMILES string of the molecule is CC1(C)C(c2c[nH]c3c2C(=O)CCC3)=Nc2ccccc21.CC1(C)c2ccccc2NC1c1c[nH]c2ccc(F)cc12.Cc1cccc2c(C3Nc4ccccc4C3(C)C)c[nH]c12. The van der Waals surface area contributed by atoms with Crippen LogP contribution in [-0.2, 0) is 22.7 Å². The Bertz CT molecular complexity index is 3040. The third kappa shape index (κ3) is 6.61. The first-order valence-corrected chi connectivity index (χ1v) is 22.2. The zero-order valence-electron chi connectivity index (χ0n) is 37.1. The Kier molecular flexibility index (Phi) is 9.62. The largest absolute Gasteiger partial charge is 0.377 e. The molecule has 5 N–H and O–H groups in total. The molecule has 6 heterocycles. The molecule has 1 aliphatic carbocycles. The van der Waals surface area contributed by atoms with Gasteiger partial charge in [0, 0.05) is 102 Å². The summed E-state index contributed by atoms with van der Waals surface area (Å²) in [6.07, 6.45) is 8.70. The second-order valence-corrected chi connectivity index (χ2v) is 19.3. The molecule has 3 aliphatic heterocycles. The van der Waals surface area contributed by atoms with E-state index in [0.29, 0.717) is 12.5 Å². The number of Topliss-reactive ketones (excluding diaryl/α,β-unsaturated/α-hetero) is 1. The van der Waals surface area contributed by atoms with E-state index in [1.54, 1.807) is 12.1 Å². The molecule has 0 fully saturated rings. The summed E-state index contributed by atoms with van der Waals surface area (Å²) < 4.78 is 13.6. The topological polar surface area (TPSA) is 101 Å². The van der Waals surface area contributed by atoms with Crippen molar-refractivity contribution in [2.45, 2.75) is 96.1 Å². The van der Waals surface area contributed by atoms with Gasteiger partial charge in [-0.05, 0) is 78.4 Å². The molecule has 0 bridgehead atoms. The molecule has 8 heteroatoms. The summed E-state index contributed by atoms with van der Waals surface area (Å²) in [7, 11) is 0. The van der Waals surface area contributed by atoms with Gasteiger partial charge in [-0.2, -0.15) is 0 Å². The number of anilines is 2. The maximum absolute atomic E-state index is 13.6. The van der Waals surface area contributed by atoms with Crippen molar-refractivity contribution in [3.05, 3.63) is 184 Å². The highest BCUT2D eigenvalue weighted by atomic mass is 19.1. The Labute approximate surface area is 368 Å². The summed E-state index contributed by atoms with van der Waals surface area (Å²) in [6, 6.07) is 37.1. The molecule has 3 aromatic heterocycles. The van der Waals surface area contributed by atoms with Crippen LogP contribution >= 0.6 is 0 Å². The van der Waals surface area contributed by atoms with Crippen LogP contribution in [0.5, 0.6) is 0 Å². The van der Waals surface area contributed by atoms with Crippen LogP contribution in [0.4, 0.5) is 21.5 Å². The molecule has 0 radical (unpaired) electrons. The molecule has 8 aromatic rings. The fourth-order valence-corrected chi connectivity index (χ4v) is 10.8. The fraction of sp³-hybridized carbons (Fsp3) is 0.273. The van der Waals surface area contributed by atoms with Crippen molar-refractivity contribution in [3.8, 4) is 0 Å². The highest BCUT2D eigenvalue weighted by molar-refractivity contribution is 6.18. The molecule has 318 valence electrons. The average molecular weight is 835 g/mol. The number of aliphatic imine (C=N–C) groups is 1. The second kappa shape index (κ2) is 15.0. The zero-order valence-corrected chi connectivity index (χ0v) is 37.1. The predicted molar refractivity (Wildman–Crippen MR) is 257 cm³/mol. The lowest BCUT2D eigenvalue weighted by atomic mass is 9.77. The van der Waals surface area contributed by atoms with Gasteiger partial charge in [0.25, 0.3) is 0 Å². The number of aryl methyl sites for hydroxylation is 2. The Morgan fingerprint density at radius 3 is 1.92 bits per heavy atom. The zero-order chi connectivity index (χ0) is 43.8. The summed E-state index contributed by atoms with van der Waals surface area (Å²) in [5, 5.41) is 9.59. The Balaban J connectivity index is 0.000000112. The van der Waals surface area contributed by atoms with Crippen LogP contribution in [0.15, 0.2) is 133 Å². The number of ketones is 1. The number of aromatic amines is 3. The van der Waals surface area contributed by atoms with E-state index in [-0.39, 0.29) is 33.9 Å². The lowest BCUT2D eigenvalue weighted by molar-refractivity contribution is 0.0972. The van der Waals surface area contributed by atoms with Crippen molar-refractivity contribution in [2.24, 2.45) is 4.99 Å². The number of carbonyl (C=O) groups excluding carboxylic acids is 1. The minimum Gasteiger partial charge on any atom is -0.377 e. The molecule has 0 saturated carbocycles. The number of benzene rings is 5. The minimum atomic E-state index is -0.198. The van der Waals surface area contributed by atoms with Crippen molar-refractivity contribution in [1.82, 2.24) is 15.0 Å². The average Bonchev–Trinajstić information content (AvgIpc) is 4.12. The van der Waals surface area contributed by atoms with Crippen molar-refractivity contribution in [1.29, 1.82) is 0 Å². The number of rotatable bonds is 3. The Morgan fingerprint density at radius 2 is 1.25 bits per heavy atom. The lowest BCUT2D eigenvalue weighted by Crippen LogP contribution is -2.28. The van der Waals surface area contributed by atoms with Crippen LogP contribution in [0, 0.1) is 12.7 Å². The highest BCUT2D eigenvalue weighted by Gasteiger charge is 2.43. The van der Waals surface area contributed by atoms with Crippen molar-refractivity contribution < 1.29 is 9.18 Å². The Hall–Kier alpha value is -6.67. The third-order valence-corrected chi connectivity index (χ3v) is 14.3. The number of fused-ring (bicyclic) bond motifs is 6. The van der Waals surface area contributed by atoms with Gasteiger partial charge >= 0.3 is 0 Å². The minimum absolute atomic E-state index is 0.0436. The van der Waals surface area contributed by atoms with Crippen molar-refractivity contribution in [2.75, 3.05) is 10.6 Å². The van der Waals surface area contributed by atoms with Crippen LogP contribution in [0.1, 0.15) is 121 Å².